The van der Waals surface area contributed by atoms with Gasteiger partial charge in [-0.15, -0.1) is 0 Å². The first kappa shape index (κ1) is 18.7. The maximum atomic E-state index is 5.98. The fourth-order valence-corrected chi connectivity index (χ4v) is 4.22. The smallest absolute Gasteiger partial charge is 0.120 e. The number of rotatable bonds is 5. The van der Waals surface area contributed by atoms with Crippen molar-refractivity contribution >= 4 is 0 Å². The summed E-state index contributed by atoms with van der Waals surface area (Å²) in [5.41, 5.74) is 1.76. The fourth-order valence-electron chi connectivity index (χ4n) is 4.22. The zero-order valence-corrected chi connectivity index (χ0v) is 16.5. The number of likely N-dealkylation sites (N-methyl/N-ethyl adjacent to an activating group) is 2. The van der Waals surface area contributed by atoms with Gasteiger partial charge in [0.15, 0.2) is 0 Å². The summed E-state index contributed by atoms with van der Waals surface area (Å²) >= 11 is 0. The maximum Gasteiger partial charge on any atom is 0.120 e. The van der Waals surface area contributed by atoms with E-state index < -0.39 is 0 Å². The molecule has 1 atom stereocenters. The molecule has 0 N–H and O–H groups in total. The van der Waals surface area contributed by atoms with Crippen molar-refractivity contribution in [2.45, 2.75) is 51.3 Å². The number of hydrogen-bond donors (Lipinski definition) is 0. The molecule has 25 heavy (non-hydrogen) atoms. The molecule has 0 aliphatic carbocycles. The maximum absolute atomic E-state index is 5.98. The largest absolute Gasteiger partial charge is 0.491 e. The summed E-state index contributed by atoms with van der Waals surface area (Å²) in [6.45, 7) is 11.3. The van der Waals surface area contributed by atoms with Crippen molar-refractivity contribution in [1.82, 2.24) is 14.7 Å². The highest BCUT2D eigenvalue weighted by Crippen LogP contribution is 2.31. The second-order valence-electron chi connectivity index (χ2n) is 8.14. The second-order valence-corrected chi connectivity index (χ2v) is 8.14. The van der Waals surface area contributed by atoms with Crippen LogP contribution >= 0.6 is 0 Å². The van der Waals surface area contributed by atoms with Crippen molar-refractivity contribution in [3.05, 3.63) is 29.8 Å². The van der Waals surface area contributed by atoms with Crippen LogP contribution in [-0.4, -0.2) is 73.2 Å². The lowest BCUT2D eigenvalue weighted by Crippen LogP contribution is -2.63. The molecule has 0 aromatic heterocycles. The van der Waals surface area contributed by atoms with Crippen molar-refractivity contribution in [1.29, 1.82) is 0 Å². The van der Waals surface area contributed by atoms with E-state index in [1.165, 1.54) is 51.1 Å². The lowest BCUT2D eigenvalue weighted by Gasteiger charge is -2.52. The lowest BCUT2D eigenvalue weighted by molar-refractivity contribution is -0.0205. The number of piperidine rings is 1. The van der Waals surface area contributed by atoms with E-state index in [0.29, 0.717) is 5.54 Å². The van der Waals surface area contributed by atoms with Crippen molar-refractivity contribution < 1.29 is 4.74 Å². The first-order valence-electron chi connectivity index (χ1n) is 9.88. The van der Waals surface area contributed by atoms with Gasteiger partial charge in [0, 0.05) is 44.8 Å². The van der Waals surface area contributed by atoms with E-state index in [2.05, 4.69) is 66.9 Å². The molecule has 4 heteroatoms. The van der Waals surface area contributed by atoms with Crippen LogP contribution in [0.15, 0.2) is 24.3 Å². The number of hydrogen-bond acceptors (Lipinski definition) is 4. The normalized spacial score (nSPS) is 23.7. The van der Waals surface area contributed by atoms with Crippen molar-refractivity contribution in [2.75, 3.05) is 46.8 Å². The Hall–Kier alpha value is -1.10. The number of ether oxygens (including phenoxy) is 1. The third-order valence-corrected chi connectivity index (χ3v) is 6.19. The first-order valence-corrected chi connectivity index (χ1v) is 9.88. The Bertz CT molecular complexity index is 554. The molecule has 2 saturated heterocycles. The minimum Gasteiger partial charge on any atom is -0.491 e. The van der Waals surface area contributed by atoms with E-state index in [-0.39, 0.29) is 6.10 Å². The Balaban J connectivity index is 1.56. The molecule has 2 heterocycles. The third-order valence-electron chi connectivity index (χ3n) is 6.19. The molecule has 0 bridgehead atoms. The van der Waals surface area contributed by atoms with E-state index in [9.17, 15) is 0 Å². The van der Waals surface area contributed by atoms with Crippen LogP contribution in [0.5, 0.6) is 5.75 Å². The first-order chi connectivity index (χ1) is 12.0. The van der Waals surface area contributed by atoms with Crippen molar-refractivity contribution in [3.8, 4) is 5.75 Å². The van der Waals surface area contributed by atoms with Gasteiger partial charge in [-0.1, -0.05) is 19.1 Å². The molecular formula is C21H35N3O. The highest BCUT2D eigenvalue weighted by molar-refractivity contribution is 5.28. The van der Waals surface area contributed by atoms with Crippen molar-refractivity contribution in [3.63, 3.8) is 0 Å². The highest BCUT2D eigenvalue weighted by Gasteiger charge is 2.41. The van der Waals surface area contributed by atoms with Crippen molar-refractivity contribution in [2.24, 2.45) is 0 Å². The van der Waals surface area contributed by atoms with E-state index in [1.54, 1.807) is 0 Å². The standard InChI is InChI=1S/C21H35N3O/c1-5-18(2)25-20-8-6-7-19(15-20)16-24-11-9-21(10-12-24)17-22(3)13-14-23(21)4/h6-8,15,18H,5,9-14,16-17H2,1-4H3/t18-/m0/s1. The van der Waals surface area contributed by atoms with Crippen LogP contribution in [0.25, 0.3) is 0 Å². The van der Waals surface area contributed by atoms with Crippen LogP contribution in [-0.2, 0) is 6.54 Å². The van der Waals surface area contributed by atoms with Gasteiger partial charge in [-0.25, -0.2) is 0 Å². The molecule has 1 aromatic rings. The summed E-state index contributed by atoms with van der Waals surface area (Å²) in [6, 6.07) is 8.65. The molecule has 1 spiro atoms. The Labute approximate surface area is 153 Å². The van der Waals surface area contributed by atoms with Crippen LogP contribution in [0.2, 0.25) is 0 Å². The Morgan fingerprint density at radius 1 is 1.12 bits per heavy atom. The van der Waals surface area contributed by atoms with Gasteiger partial charge in [-0.3, -0.25) is 9.80 Å². The summed E-state index contributed by atoms with van der Waals surface area (Å²) in [6.07, 6.45) is 3.87. The van der Waals surface area contributed by atoms with Crippen LogP contribution < -0.4 is 4.74 Å². The van der Waals surface area contributed by atoms with Crippen LogP contribution in [0, 0.1) is 0 Å². The second kappa shape index (κ2) is 8.07. The van der Waals surface area contributed by atoms with E-state index in [0.717, 1.165) is 18.7 Å². The van der Waals surface area contributed by atoms with Gasteiger partial charge in [-0.2, -0.15) is 0 Å². The summed E-state index contributed by atoms with van der Waals surface area (Å²) in [5, 5.41) is 0. The van der Waals surface area contributed by atoms with Gasteiger partial charge in [0.25, 0.3) is 0 Å². The lowest BCUT2D eigenvalue weighted by atomic mass is 9.83. The molecule has 0 saturated carbocycles. The molecule has 0 radical (unpaired) electrons. The zero-order chi connectivity index (χ0) is 17.9. The van der Waals surface area contributed by atoms with E-state index in [4.69, 9.17) is 4.74 Å². The van der Waals surface area contributed by atoms with Gasteiger partial charge in [0.2, 0.25) is 0 Å². The van der Waals surface area contributed by atoms with E-state index in [1.807, 2.05) is 0 Å². The molecular weight excluding hydrogens is 310 g/mol. The molecule has 2 aliphatic rings. The predicted octanol–water partition coefficient (Wildman–Crippen LogP) is 3.08. The van der Waals surface area contributed by atoms with Gasteiger partial charge in [0.05, 0.1) is 6.10 Å². The third kappa shape index (κ3) is 4.55. The van der Waals surface area contributed by atoms with Crippen LogP contribution in [0.4, 0.5) is 0 Å². The molecule has 3 rings (SSSR count). The SMILES string of the molecule is CC[C@H](C)Oc1cccc(CN2CCC3(CC2)CN(C)CCN3C)c1. The highest BCUT2D eigenvalue weighted by atomic mass is 16.5. The molecule has 2 fully saturated rings. The molecule has 140 valence electrons. The summed E-state index contributed by atoms with van der Waals surface area (Å²) < 4.78 is 5.98. The predicted molar refractivity (Wildman–Crippen MR) is 104 cm³/mol. The summed E-state index contributed by atoms with van der Waals surface area (Å²) in [7, 11) is 4.59. The Kier molecular flexibility index (Phi) is 6.03. The average molecular weight is 346 g/mol. The molecule has 2 aliphatic heterocycles. The number of likely N-dealkylation sites (tertiary alicyclic amines) is 1. The average Bonchev–Trinajstić information content (AvgIpc) is 2.61. The van der Waals surface area contributed by atoms with Gasteiger partial charge in [-0.05, 0) is 58.0 Å². The molecule has 0 unspecified atom stereocenters. The van der Waals surface area contributed by atoms with Crippen LogP contribution in [0.3, 0.4) is 0 Å². The van der Waals surface area contributed by atoms with Gasteiger partial charge in [0.1, 0.15) is 5.75 Å². The molecule has 1 aromatic carbocycles. The molecule has 0 amide bonds. The Morgan fingerprint density at radius 3 is 2.60 bits per heavy atom. The number of nitrogens with zero attached hydrogens (tertiary/aromatic N) is 3. The number of benzene rings is 1. The van der Waals surface area contributed by atoms with Gasteiger partial charge < -0.3 is 9.64 Å². The number of piperazine rings is 1. The minimum absolute atomic E-state index is 0.281. The minimum atomic E-state index is 0.281. The monoisotopic (exact) mass is 345 g/mol. The summed E-state index contributed by atoms with van der Waals surface area (Å²) in [5.74, 6) is 1.01. The summed E-state index contributed by atoms with van der Waals surface area (Å²) in [4.78, 5) is 7.73. The van der Waals surface area contributed by atoms with Gasteiger partial charge >= 0.3 is 0 Å². The van der Waals surface area contributed by atoms with Crippen LogP contribution in [0.1, 0.15) is 38.7 Å². The van der Waals surface area contributed by atoms with E-state index >= 15 is 0 Å². The zero-order valence-electron chi connectivity index (χ0n) is 16.5. The quantitative estimate of drug-likeness (QED) is 0.816. The Morgan fingerprint density at radius 2 is 1.88 bits per heavy atom. The fraction of sp³-hybridized carbons (Fsp3) is 0.714. The topological polar surface area (TPSA) is 19.0 Å². The molecule has 4 nitrogen and oxygen atoms in total.